The summed E-state index contributed by atoms with van der Waals surface area (Å²) in [6, 6.07) is 5.74. The van der Waals surface area contributed by atoms with Gasteiger partial charge in [-0.15, -0.1) is 11.3 Å². The first-order valence-corrected chi connectivity index (χ1v) is 9.82. The first-order valence-electron chi connectivity index (χ1n) is 8.94. The van der Waals surface area contributed by atoms with Gasteiger partial charge in [0.2, 0.25) is 11.8 Å². The molecule has 1 aromatic heterocycles. The number of urea groups is 1. The molecule has 1 aliphatic rings. The minimum absolute atomic E-state index is 0.0261. The molecule has 1 aromatic carbocycles. The molecule has 0 bridgehead atoms. The molecule has 9 nitrogen and oxygen atoms in total. The van der Waals surface area contributed by atoms with Gasteiger partial charge < -0.3 is 11.1 Å². The van der Waals surface area contributed by atoms with E-state index in [1.54, 1.807) is 30.5 Å². The Morgan fingerprint density at radius 2 is 2.07 bits per heavy atom. The number of carbonyl (C=O) groups excluding carboxylic acids is 4. The van der Waals surface area contributed by atoms with Gasteiger partial charge >= 0.3 is 6.03 Å². The summed E-state index contributed by atoms with van der Waals surface area (Å²) in [5.74, 6) is -1.21. The van der Waals surface area contributed by atoms with Crippen LogP contribution in [0.4, 0.5) is 9.93 Å². The maximum absolute atomic E-state index is 13.1. The van der Waals surface area contributed by atoms with Crippen molar-refractivity contribution in [3.05, 3.63) is 46.5 Å². The summed E-state index contributed by atoms with van der Waals surface area (Å²) in [4.78, 5) is 55.7. The molecule has 1 atom stereocenters. The zero-order valence-electron chi connectivity index (χ0n) is 16.3. The number of nitrogens with zero attached hydrogens (tertiary/aromatic N) is 3. The van der Waals surface area contributed by atoms with E-state index in [0.29, 0.717) is 22.9 Å². The Labute approximate surface area is 171 Å². The summed E-state index contributed by atoms with van der Waals surface area (Å²) in [5.41, 5.74) is 5.21. The van der Waals surface area contributed by atoms with Crippen LogP contribution in [0, 0.1) is 0 Å². The van der Waals surface area contributed by atoms with Gasteiger partial charge in [-0.1, -0.05) is 12.1 Å². The lowest BCUT2D eigenvalue weighted by molar-refractivity contribution is -0.131. The van der Waals surface area contributed by atoms with Gasteiger partial charge in [0.25, 0.3) is 5.91 Å². The Morgan fingerprint density at radius 3 is 2.69 bits per heavy atom. The highest BCUT2D eigenvalue weighted by atomic mass is 32.1. The van der Waals surface area contributed by atoms with Gasteiger partial charge in [-0.2, -0.15) is 0 Å². The molecule has 1 unspecified atom stereocenters. The summed E-state index contributed by atoms with van der Waals surface area (Å²) < 4.78 is 0. The van der Waals surface area contributed by atoms with Gasteiger partial charge in [0.1, 0.15) is 5.54 Å². The van der Waals surface area contributed by atoms with Crippen molar-refractivity contribution in [1.82, 2.24) is 15.2 Å². The van der Waals surface area contributed by atoms with E-state index in [1.165, 1.54) is 29.2 Å². The summed E-state index contributed by atoms with van der Waals surface area (Å²) >= 11 is 1.27. The monoisotopic (exact) mass is 415 g/mol. The highest BCUT2D eigenvalue weighted by Gasteiger charge is 2.49. The van der Waals surface area contributed by atoms with Crippen molar-refractivity contribution in [2.75, 3.05) is 11.4 Å². The zero-order valence-corrected chi connectivity index (χ0v) is 17.1. The molecule has 1 saturated heterocycles. The van der Waals surface area contributed by atoms with Crippen LogP contribution in [-0.4, -0.2) is 40.2 Å². The lowest BCUT2D eigenvalue weighted by Gasteiger charge is -2.22. The topological polar surface area (TPSA) is 126 Å². The second-order valence-electron chi connectivity index (χ2n) is 6.78. The molecular weight excluding hydrogens is 394 g/mol. The van der Waals surface area contributed by atoms with E-state index in [4.69, 9.17) is 5.73 Å². The molecule has 0 radical (unpaired) electrons. The van der Waals surface area contributed by atoms with E-state index in [0.717, 1.165) is 4.90 Å². The lowest BCUT2D eigenvalue weighted by Crippen LogP contribution is -2.41. The average molecular weight is 415 g/mol. The zero-order chi connectivity index (χ0) is 21.3. The number of benzene rings is 1. The first-order chi connectivity index (χ1) is 13.7. The van der Waals surface area contributed by atoms with Crippen LogP contribution < -0.4 is 16.0 Å². The van der Waals surface area contributed by atoms with E-state index in [2.05, 4.69) is 10.3 Å². The summed E-state index contributed by atoms with van der Waals surface area (Å²) in [5, 5.41) is 4.91. The molecule has 5 amide bonds. The molecule has 1 fully saturated rings. The highest BCUT2D eigenvalue weighted by molar-refractivity contribution is 7.14. The number of primary amides is 1. The molecule has 2 aromatic rings. The molecule has 152 valence electrons. The Bertz CT molecular complexity index is 1000. The van der Waals surface area contributed by atoms with Crippen molar-refractivity contribution in [3.8, 4) is 0 Å². The van der Waals surface area contributed by atoms with Crippen molar-refractivity contribution in [2.24, 2.45) is 5.73 Å². The maximum atomic E-state index is 13.1. The number of nitrogens with one attached hydrogen (secondary N) is 1. The van der Waals surface area contributed by atoms with Crippen LogP contribution in [0.3, 0.4) is 0 Å². The molecular formula is C19H21N5O4S. The van der Waals surface area contributed by atoms with Crippen LogP contribution in [0.2, 0.25) is 0 Å². The number of hydrogen-bond acceptors (Lipinski definition) is 6. The fraction of sp³-hybridized carbons (Fsp3) is 0.316. The normalized spacial score (nSPS) is 18.7. The molecule has 3 rings (SSSR count). The second-order valence-corrected chi connectivity index (χ2v) is 7.61. The first kappa shape index (κ1) is 20.5. The van der Waals surface area contributed by atoms with Gasteiger partial charge in [-0.25, -0.2) is 9.78 Å². The van der Waals surface area contributed by atoms with Crippen LogP contribution in [0.1, 0.15) is 42.4 Å². The van der Waals surface area contributed by atoms with Gasteiger partial charge in [0.15, 0.2) is 5.13 Å². The van der Waals surface area contributed by atoms with Gasteiger partial charge in [-0.3, -0.25) is 24.2 Å². The van der Waals surface area contributed by atoms with E-state index in [9.17, 15) is 19.2 Å². The number of carbonyl (C=O) groups is 4. The molecule has 1 aliphatic heterocycles. The minimum Gasteiger partial charge on any atom is -0.366 e. The summed E-state index contributed by atoms with van der Waals surface area (Å²) in [6.45, 7) is 5.31. The van der Waals surface area contributed by atoms with Crippen molar-refractivity contribution >= 4 is 40.2 Å². The van der Waals surface area contributed by atoms with Crippen LogP contribution in [0.25, 0.3) is 0 Å². The number of nitrogens with two attached hydrogens (primary N) is 1. The van der Waals surface area contributed by atoms with Crippen LogP contribution >= 0.6 is 11.3 Å². The number of aromatic nitrogens is 1. The fourth-order valence-electron chi connectivity index (χ4n) is 3.17. The molecule has 2 heterocycles. The number of hydrogen-bond donors (Lipinski definition) is 2. The van der Waals surface area contributed by atoms with Crippen LogP contribution in [0.5, 0.6) is 0 Å². The van der Waals surface area contributed by atoms with Gasteiger partial charge in [0, 0.05) is 24.4 Å². The standard InChI is InChI=1S/C19H21N5O4S/c1-4-23(11(2)25)18-21-14(10-29-18)9-24-16(27)19(3,22-17(24)28)13-7-5-6-12(8-13)15(20)26/h5-8,10H,4,9H2,1-3H3,(H2,20,26)(H,22,28). The largest absolute Gasteiger partial charge is 0.366 e. The fourth-order valence-corrected chi connectivity index (χ4v) is 4.09. The Balaban J connectivity index is 1.84. The second kappa shape index (κ2) is 7.63. The van der Waals surface area contributed by atoms with Crippen molar-refractivity contribution in [2.45, 2.75) is 32.9 Å². The van der Waals surface area contributed by atoms with Crippen molar-refractivity contribution in [3.63, 3.8) is 0 Å². The van der Waals surface area contributed by atoms with E-state index >= 15 is 0 Å². The Kier molecular flexibility index (Phi) is 5.38. The quantitative estimate of drug-likeness (QED) is 0.693. The van der Waals surface area contributed by atoms with E-state index in [1.807, 2.05) is 6.92 Å². The highest BCUT2D eigenvalue weighted by Crippen LogP contribution is 2.31. The van der Waals surface area contributed by atoms with Crippen LogP contribution in [-0.2, 0) is 21.7 Å². The predicted octanol–water partition coefficient (Wildman–Crippen LogP) is 1.58. The van der Waals surface area contributed by atoms with Gasteiger partial charge in [0.05, 0.1) is 12.2 Å². The summed E-state index contributed by atoms with van der Waals surface area (Å²) in [7, 11) is 0. The third-order valence-corrected chi connectivity index (χ3v) is 5.70. The molecule has 0 saturated carbocycles. The van der Waals surface area contributed by atoms with Crippen molar-refractivity contribution in [1.29, 1.82) is 0 Å². The predicted molar refractivity (Wildman–Crippen MR) is 107 cm³/mol. The third kappa shape index (κ3) is 3.70. The number of amides is 5. The smallest absolute Gasteiger partial charge is 0.325 e. The number of anilines is 1. The molecule has 10 heteroatoms. The van der Waals surface area contributed by atoms with E-state index < -0.39 is 23.4 Å². The lowest BCUT2D eigenvalue weighted by atomic mass is 9.90. The van der Waals surface area contributed by atoms with Crippen LogP contribution in [0.15, 0.2) is 29.6 Å². The minimum atomic E-state index is -1.32. The molecule has 3 N–H and O–H groups in total. The van der Waals surface area contributed by atoms with Crippen molar-refractivity contribution < 1.29 is 19.2 Å². The summed E-state index contributed by atoms with van der Waals surface area (Å²) in [6.07, 6.45) is 0. The SMILES string of the molecule is CCN(C(C)=O)c1nc(CN2C(=O)NC(C)(c3cccc(C(N)=O)c3)C2=O)cs1. The maximum Gasteiger partial charge on any atom is 0.325 e. The number of imide groups is 1. The Hall–Kier alpha value is -3.27. The third-order valence-electron chi connectivity index (χ3n) is 4.79. The molecule has 0 spiro atoms. The van der Waals surface area contributed by atoms with Gasteiger partial charge in [-0.05, 0) is 31.5 Å². The Morgan fingerprint density at radius 1 is 1.34 bits per heavy atom. The number of rotatable bonds is 6. The molecule has 29 heavy (non-hydrogen) atoms. The average Bonchev–Trinajstić information content (AvgIpc) is 3.21. The number of thiazole rings is 1. The van der Waals surface area contributed by atoms with E-state index in [-0.39, 0.29) is 18.0 Å². The molecule has 0 aliphatic carbocycles.